The van der Waals surface area contributed by atoms with Crippen LogP contribution in [0.2, 0.25) is 5.02 Å². The van der Waals surface area contributed by atoms with Crippen molar-refractivity contribution in [2.24, 2.45) is 10.9 Å². The molecule has 8 rings (SSSR count). The van der Waals surface area contributed by atoms with E-state index in [4.69, 9.17) is 54.5 Å². The maximum absolute atomic E-state index is 14.6. The van der Waals surface area contributed by atoms with Gasteiger partial charge in [-0.15, -0.1) is 21.5 Å². The molecule has 5 atom stereocenters. The van der Waals surface area contributed by atoms with Crippen molar-refractivity contribution in [1.29, 1.82) is 0 Å². The zero-order chi connectivity index (χ0) is 60.0. The van der Waals surface area contributed by atoms with E-state index in [-0.39, 0.29) is 50.6 Å². The van der Waals surface area contributed by atoms with Crippen LogP contribution in [0.25, 0.3) is 5.00 Å². The molecule has 21 heteroatoms. The Morgan fingerprint density at radius 3 is 2.17 bits per heavy atom. The van der Waals surface area contributed by atoms with E-state index in [1.807, 2.05) is 73.9 Å². The third kappa shape index (κ3) is 14.3. The molecule has 2 aliphatic heterocycles. The number of benzene rings is 4. The second-order valence-electron chi connectivity index (χ2n) is 20.6. The molecular weight excluding hydrogens is 1110 g/mol. The van der Waals surface area contributed by atoms with Crippen molar-refractivity contribution >= 4 is 52.3 Å². The van der Waals surface area contributed by atoms with Crippen molar-refractivity contribution in [3.05, 3.63) is 134 Å². The highest BCUT2D eigenvalue weighted by Crippen LogP contribution is 2.44. The first kappa shape index (κ1) is 62.4. The maximum Gasteiger partial charge on any atom is 0.329 e. The van der Waals surface area contributed by atoms with Gasteiger partial charge in [0.15, 0.2) is 35.4 Å². The topological polar surface area (TPSA) is 212 Å². The molecule has 448 valence electrons. The molecule has 19 nitrogen and oxygen atoms in total. The Labute approximate surface area is 500 Å². The quantitative estimate of drug-likeness (QED) is 0.0363. The van der Waals surface area contributed by atoms with Crippen LogP contribution in [0.5, 0.6) is 34.5 Å². The van der Waals surface area contributed by atoms with E-state index in [2.05, 4.69) is 34.7 Å². The SMILES string of the molecule is CC[C@H](C(=O)N1CCCC[C@H]1C(=O)O[C@H](CCc1ccc(OC)c(OC)c1)c1cccc(OCC(=O)NCCOCCNC(=O)[C@H](CC)[C@@H]2N=C(c3ccc(Cl)cc3)c3c(sc(C)c3C)-n3c(C)nnc32)c1)c1cc(OC)c(OC)c(OC)c1. The molecule has 0 radical (unpaired) electrons. The number of piperidine rings is 1. The molecule has 6 aromatic rings. The molecule has 2 aliphatic rings. The Morgan fingerprint density at radius 1 is 0.774 bits per heavy atom. The number of esters is 1. The van der Waals surface area contributed by atoms with Gasteiger partial charge in [0, 0.05) is 40.7 Å². The summed E-state index contributed by atoms with van der Waals surface area (Å²) in [5.41, 5.74) is 6.01. The lowest BCUT2D eigenvalue weighted by Crippen LogP contribution is -2.50. The molecule has 0 bridgehead atoms. The zero-order valence-electron chi connectivity index (χ0n) is 49.5. The van der Waals surface area contributed by atoms with Gasteiger partial charge in [0.25, 0.3) is 5.91 Å². The molecule has 2 N–H and O–H groups in total. The van der Waals surface area contributed by atoms with Crippen molar-refractivity contribution in [3.63, 3.8) is 0 Å². The number of hydrogen-bond acceptors (Lipinski definition) is 16. The highest BCUT2D eigenvalue weighted by molar-refractivity contribution is 7.15. The minimum Gasteiger partial charge on any atom is -0.493 e. The second-order valence-corrected chi connectivity index (χ2v) is 22.2. The minimum absolute atomic E-state index is 0.189. The molecule has 84 heavy (non-hydrogen) atoms. The van der Waals surface area contributed by atoms with Crippen molar-refractivity contribution < 1.29 is 57.1 Å². The Balaban J connectivity index is 0.871. The molecule has 0 spiro atoms. The largest absolute Gasteiger partial charge is 0.493 e. The standard InChI is InChI=1S/C63H76ClN7O12S/c1-11-46(43-34-52(78-8)58(80-10)53(35-43)79-9)61(74)70-29-14-13-18-48(70)63(75)83-49(25-19-40-20-26-50(76-6)51(32-40)77-7)42-16-15-17-45(33-42)82-36-54(72)65-27-30-81-31-28-66-60(73)47(12-2)57-59-69-68-39(5)71(59)62-55(37(3)38(4)84-62)56(67-57)41-21-23-44(64)24-22-41/h15-17,20-24,26,32-35,46-49,57H,11-14,18-19,25,27-31,36H2,1-10H3,(H,65,72)(H,66,73)/t46-,47+,48-,49+,57-/m0/s1. The van der Waals surface area contributed by atoms with E-state index in [0.29, 0.717) is 101 Å². The van der Waals surface area contributed by atoms with Crippen LogP contribution in [0.4, 0.5) is 0 Å². The van der Waals surface area contributed by atoms with E-state index in [1.54, 1.807) is 60.8 Å². The lowest BCUT2D eigenvalue weighted by atomic mass is 9.91. The molecular formula is C63H76ClN7O12S. The average Bonchev–Trinajstić information content (AvgIpc) is 1.99. The van der Waals surface area contributed by atoms with Crippen molar-refractivity contribution in [3.8, 4) is 39.5 Å². The Morgan fingerprint density at radius 2 is 1.49 bits per heavy atom. The summed E-state index contributed by atoms with van der Waals surface area (Å²) < 4.78 is 48.1. The average molecular weight is 1190 g/mol. The van der Waals surface area contributed by atoms with Crippen LogP contribution in [0, 0.1) is 26.7 Å². The second kappa shape index (κ2) is 29.2. The summed E-state index contributed by atoms with van der Waals surface area (Å²) in [6.45, 7) is 10.9. The Kier molecular flexibility index (Phi) is 21.7. The van der Waals surface area contributed by atoms with E-state index < -0.39 is 36.0 Å². The van der Waals surface area contributed by atoms with Gasteiger partial charge in [-0.2, -0.15) is 0 Å². The molecule has 3 amide bonds. The summed E-state index contributed by atoms with van der Waals surface area (Å²) in [5.74, 6) is 1.70. The number of aliphatic imine (C=N–C) groups is 1. The van der Waals surface area contributed by atoms with E-state index in [0.717, 1.165) is 50.7 Å². The number of amides is 3. The lowest BCUT2D eigenvalue weighted by Gasteiger charge is -2.37. The van der Waals surface area contributed by atoms with Crippen LogP contribution in [-0.2, 0) is 35.1 Å². The van der Waals surface area contributed by atoms with Gasteiger partial charge in [0.2, 0.25) is 17.6 Å². The number of likely N-dealkylation sites (tertiary alicyclic amines) is 1. The molecule has 0 aliphatic carbocycles. The van der Waals surface area contributed by atoms with Gasteiger partial charge in [-0.3, -0.25) is 23.9 Å². The first-order valence-electron chi connectivity index (χ1n) is 28.4. The molecule has 2 aromatic heterocycles. The zero-order valence-corrected chi connectivity index (χ0v) is 51.1. The van der Waals surface area contributed by atoms with Gasteiger partial charge in [-0.1, -0.05) is 55.8 Å². The Bertz CT molecular complexity index is 3280. The molecule has 0 saturated carbocycles. The van der Waals surface area contributed by atoms with Gasteiger partial charge in [0.1, 0.15) is 34.8 Å². The van der Waals surface area contributed by atoms with E-state index in [1.165, 1.54) is 21.3 Å². The fourth-order valence-electron chi connectivity index (χ4n) is 10.9. The van der Waals surface area contributed by atoms with Crippen LogP contribution in [0.15, 0.2) is 83.9 Å². The fourth-order valence-corrected chi connectivity index (χ4v) is 12.2. The number of methoxy groups -OCH3 is 5. The molecule has 4 aromatic carbocycles. The van der Waals surface area contributed by atoms with Crippen LogP contribution in [0.3, 0.4) is 0 Å². The van der Waals surface area contributed by atoms with Crippen LogP contribution >= 0.6 is 22.9 Å². The normalized spacial score (nSPS) is 15.7. The lowest BCUT2D eigenvalue weighted by molar-refractivity contribution is -0.162. The number of ether oxygens (including phenoxy) is 8. The number of rotatable bonds is 27. The number of fused-ring (bicyclic) bond motifs is 3. The number of hydrogen-bond donors (Lipinski definition) is 2. The number of halogens is 1. The van der Waals surface area contributed by atoms with Gasteiger partial charge in [-0.25, -0.2) is 4.79 Å². The van der Waals surface area contributed by atoms with Crippen molar-refractivity contribution in [2.45, 2.75) is 104 Å². The van der Waals surface area contributed by atoms with Crippen LogP contribution in [0.1, 0.15) is 120 Å². The predicted molar refractivity (Wildman–Crippen MR) is 321 cm³/mol. The molecule has 1 saturated heterocycles. The number of nitrogens with one attached hydrogen (secondary N) is 2. The summed E-state index contributed by atoms with van der Waals surface area (Å²) in [5, 5.41) is 16.5. The molecule has 0 unspecified atom stereocenters. The summed E-state index contributed by atoms with van der Waals surface area (Å²) in [6, 6.07) is 22.5. The third-order valence-corrected chi connectivity index (χ3v) is 16.9. The number of aryl methyl sites for hydroxylation is 3. The monoisotopic (exact) mass is 1190 g/mol. The van der Waals surface area contributed by atoms with Crippen LogP contribution < -0.4 is 39.1 Å². The number of carbonyl (C=O) groups excluding carboxylic acids is 4. The van der Waals surface area contributed by atoms with Gasteiger partial charge >= 0.3 is 5.97 Å². The van der Waals surface area contributed by atoms with Gasteiger partial charge in [-0.05, 0) is 137 Å². The summed E-state index contributed by atoms with van der Waals surface area (Å²) in [4.78, 5) is 64.4. The Hall–Kier alpha value is -7.68. The summed E-state index contributed by atoms with van der Waals surface area (Å²) in [7, 11) is 7.73. The fraction of sp³-hybridized carbons (Fsp3) is 0.444. The van der Waals surface area contributed by atoms with Crippen molar-refractivity contribution in [2.75, 3.05) is 75.0 Å². The van der Waals surface area contributed by atoms with E-state index >= 15 is 0 Å². The molecule has 1 fully saturated rings. The van der Waals surface area contributed by atoms with Gasteiger partial charge in [0.05, 0.1) is 66.3 Å². The number of aromatic nitrogens is 3. The summed E-state index contributed by atoms with van der Waals surface area (Å²) >= 11 is 7.96. The number of thiophene rings is 1. The van der Waals surface area contributed by atoms with Crippen molar-refractivity contribution in [1.82, 2.24) is 30.3 Å². The highest BCUT2D eigenvalue weighted by atomic mass is 35.5. The molecule has 4 heterocycles. The maximum atomic E-state index is 14.6. The number of nitrogens with zero attached hydrogens (tertiary/aromatic N) is 5. The summed E-state index contributed by atoms with van der Waals surface area (Å²) in [6.07, 6.45) is 2.96. The van der Waals surface area contributed by atoms with E-state index in [9.17, 15) is 19.2 Å². The minimum atomic E-state index is -0.827. The highest BCUT2D eigenvalue weighted by Gasteiger charge is 2.40. The van der Waals surface area contributed by atoms with Gasteiger partial charge < -0.3 is 53.4 Å². The number of carbonyl (C=O) groups is 4. The smallest absolute Gasteiger partial charge is 0.329 e. The first-order valence-corrected chi connectivity index (χ1v) is 29.6. The van der Waals surface area contributed by atoms with Crippen LogP contribution in [-0.4, -0.2) is 130 Å². The third-order valence-electron chi connectivity index (χ3n) is 15.4. The predicted octanol–water partition coefficient (Wildman–Crippen LogP) is 9.99. The first-order chi connectivity index (χ1) is 40.7.